The minimum absolute atomic E-state index is 0.395. The van der Waals surface area contributed by atoms with Crippen molar-refractivity contribution >= 4 is 12.5 Å². The van der Waals surface area contributed by atoms with E-state index < -0.39 is 11.8 Å². The minimum atomic E-state index is -0.788. The maximum absolute atomic E-state index is 10.6. The van der Waals surface area contributed by atoms with E-state index in [2.05, 4.69) is 17.8 Å². The van der Waals surface area contributed by atoms with Gasteiger partial charge in [0.15, 0.2) is 5.72 Å². The maximum Gasteiger partial charge on any atom is 0.326 e. The molecule has 0 saturated heterocycles. The molecule has 0 atom stereocenters. The molecule has 0 aromatic heterocycles. The van der Waals surface area contributed by atoms with Crippen LogP contribution in [-0.2, 0) is 9.53 Å². The van der Waals surface area contributed by atoms with Crippen molar-refractivity contribution in [2.24, 2.45) is 11.7 Å². The van der Waals surface area contributed by atoms with Gasteiger partial charge in [-0.3, -0.25) is 10.2 Å². The van der Waals surface area contributed by atoms with Gasteiger partial charge in [-0.15, -0.1) is 0 Å². The first kappa shape index (κ1) is 11.8. The predicted molar refractivity (Wildman–Crippen MR) is 53.4 cm³/mol. The number of amides is 2. The number of carbonyl (C=O) groups excluding carboxylic acids is 2. The van der Waals surface area contributed by atoms with Crippen molar-refractivity contribution in [3.05, 3.63) is 0 Å². The lowest BCUT2D eigenvalue weighted by Gasteiger charge is -2.37. The number of hydrogen-bond acceptors (Lipinski definition) is 4. The molecule has 0 radical (unpaired) electrons. The van der Waals surface area contributed by atoms with Gasteiger partial charge < -0.3 is 10.5 Å². The first-order valence-electron chi connectivity index (χ1n) is 5.02. The van der Waals surface area contributed by atoms with Crippen LogP contribution in [0.15, 0.2) is 0 Å². The summed E-state index contributed by atoms with van der Waals surface area (Å²) in [6.07, 6.45) is 3.24. The lowest BCUT2D eigenvalue weighted by atomic mass is 9.85. The van der Waals surface area contributed by atoms with Crippen LogP contribution in [0, 0.1) is 5.92 Å². The summed E-state index contributed by atoms with van der Waals surface area (Å²) in [4.78, 5) is 21.0. The Morgan fingerprint density at radius 3 is 2.60 bits per heavy atom. The number of carbonyl (C=O) groups is 2. The van der Waals surface area contributed by atoms with Crippen LogP contribution < -0.4 is 16.6 Å². The van der Waals surface area contributed by atoms with Gasteiger partial charge in [0, 0.05) is 12.8 Å². The zero-order valence-electron chi connectivity index (χ0n) is 8.79. The van der Waals surface area contributed by atoms with Gasteiger partial charge >= 0.3 is 6.03 Å². The Morgan fingerprint density at radius 1 is 1.53 bits per heavy atom. The van der Waals surface area contributed by atoms with E-state index in [1.165, 1.54) is 0 Å². The number of hydrazine groups is 1. The third kappa shape index (κ3) is 3.39. The molecule has 6 heteroatoms. The van der Waals surface area contributed by atoms with Gasteiger partial charge in [0.1, 0.15) is 0 Å². The molecule has 1 fully saturated rings. The van der Waals surface area contributed by atoms with Crippen molar-refractivity contribution in [2.45, 2.75) is 38.3 Å². The van der Waals surface area contributed by atoms with Crippen LogP contribution in [0.5, 0.6) is 0 Å². The number of primary amides is 1. The predicted octanol–water partition coefficient (Wildman–Crippen LogP) is 0.239. The van der Waals surface area contributed by atoms with Crippen LogP contribution in [0.25, 0.3) is 0 Å². The molecule has 1 saturated carbocycles. The maximum atomic E-state index is 10.6. The van der Waals surface area contributed by atoms with Gasteiger partial charge in [-0.2, -0.15) is 5.43 Å². The van der Waals surface area contributed by atoms with Crippen molar-refractivity contribution in [1.82, 2.24) is 10.9 Å². The molecule has 2 amide bonds. The SMILES string of the molecule is CC1CCC(NNC(N)=O)(OC=O)CC1. The molecular weight excluding hydrogens is 198 g/mol. The highest BCUT2D eigenvalue weighted by Gasteiger charge is 2.36. The largest absolute Gasteiger partial charge is 0.444 e. The number of nitrogens with two attached hydrogens (primary N) is 1. The van der Waals surface area contributed by atoms with E-state index in [0.717, 1.165) is 12.8 Å². The van der Waals surface area contributed by atoms with Crippen molar-refractivity contribution in [3.8, 4) is 0 Å². The summed E-state index contributed by atoms with van der Waals surface area (Å²) in [5, 5.41) is 0. The van der Waals surface area contributed by atoms with Crippen molar-refractivity contribution in [3.63, 3.8) is 0 Å². The van der Waals surface area contributed by atoms with Gasteiger partial charge in [0.25, 0.3) is 6.47 Å². The zero-order valence-corrected chi connectivity index (χ0v) is 8.79. The summed E-state index contributed by atoms with van der Waals surface area (Å²) in [6, 6.07) is -0.692. The molecule has 1 rings (SSSR count). The van der Waals surface area contributed by atoms with E-state index >= 15 is 0 Å². The van der Waals surface area contributed by atoms with E-state index in [-0.39, 0.29) is 0 Å². The molecule has 1 aliphatic rings. The first-order valence-corrected chi connectivity index (χ1v) is 5.02. The number of nitrogens with one attached hydrogen (secondary N) is 2. The molecule has 0 aliphatic heterocycles. The fourth-order valence-electron chi connectivity index (χ4n) is 1.77. The molecule has 0 aromatic carbocycles. The second-order valence-corrected chi connectivity index (χ2v) is 4.01. The average molecular weight is 215 g/mol. The highest BCUT2D eigenvalue weighted by Crippen LogP contribution is 2.31. The second kappa shape index (κ2) is 4.97. The molecule has 6 nitrogen and oxygen atoms in total. The fraction of sp³-hybridized carbons (Fsp3) is 0.778. The number of rotatable bonds is 4. The lowest BCUT2D eigenvalue weighted by Crippen LogP contribution is -2.58. The molecule has 0 heterocycles. The zero-order chi connectivity index (χ0) is 11.3. The molecule has 4 N–H and O–H groups in total. The topological polar surface area (TPSA) is 93.5 Å². The first-order chi connectivity index (χ1) is 7.08. The Hall–Kier alpha value is -1.30. The van der Waals surface area contributed by atoms with E-state index in [0.29, 0.717) is 25.2 Å². The highest BCUT2D eigenvalue weighted by atomic mass is 16.6. The summed E-state index contributed by atoms with van der Waals surface area (Å²) < 4.78 is 5.01. The summed E-state index contributed by atoms with van der Waals surface area (Å²) >= 11 is 0. The Bertz CT molecular complexity index is 237. The number of ether oxygens (including phenoxy) is 1. The van der Waals surface area contributed by atoms with Crippen LogP contribution in [0.3, 0.4) is 0 Å². The van der Waals surface area contributed by atoms with Crippen molar-refractivity contribution in [2.75, 3.05) is 0 Å². The third-order valence-corrected chi connectivity index (χ3v) is 2.77. The number of urea groups is 1. The van der Waals surface area contributed by atoms with Gasteiger partial charge in [-0.25, -0.2) is 4.79 Å². The summed E-state index contributed by atoms with van der Waals surface area (Å²) in [5.41, 5.74) is 9.09. The molecule has 86 valence electrons. The third-order valence-electron chi connectivity index (χ3n) is 2.77. The van der Waals surface area contributed by atoms with Crippen molar-refractivity contribution in [1.29, 1.82) is 0 Å². The quantitative estimate of drug-likeness (QED) is 0.356. The normalized spacial score (nSPS) is 30.6. The molecule has 0 bridgehead atoms. The van der Waals surface area contributed by atoms with Gasteiger partial charge in [0.2, 0.25) is 0 Å². The van der Waals surface area contributed by atoms with E-state index in [1.54, 1.807) is 0 Å². The highest BCUT2D eigenvalue weighted by molar-refractivity contribution is 5.71. The molecule has 0 unspecified atom stereocenters. The molecule has 1 aliphatic carbocycles. The smallest absolute Gasteiger partial charge is 0.326 e. The molecule has 15 heavy (non-hydrogen) atoms. The Labute approximate surface area is 88.5 Å². The molecule has 0 aromatic rings. The standard InChI is InChI=1S/C9H17N3O3/c1-7-2-4-9(5-3-7,15-6-13)12-11-8(10)14/h6-7,12H,2-5H2,1H3,(H3,10,11,14). The van der Waals surface area contributed by atoms with Crippen LogP contribution in [0.1, 0.15) is 32.6 Å². The molecule has 0 spiro atoms. The Kier molecular flexibility index (Phi) is 3.90. The van der Waals surface area contributed by atoms with E-state index in [4.69, 9.17) is 10.5 Å². The lowest BCUT2D eigenvalue weighted by molar-refractivity contribution is -0.154. The van der Waals surface area contributed by atoms with Crippen LogP contribution in [0.4, 0.5) is 4.79 Å². The summed E-state index contributed by atoms with van der Waals surface area (Å²) in [6.45, 7) is 2.54. The average Bonchev–Trinajstić information content (AvgIpc) is 2.20. The Morgan fingerprint density at radius 2 is 2.13 bits per heavy atom. The van der Waals surface area contributed by atoms with E-state index in [9.17, 15) is 9.59 Å². The Balaban J connectivity index is 2.53. The summed E-state index contributed by atoms with van der Waals surface area (Å²) in [7, 11) is 0. The summed E-state index contributed by atoms with van der Waals surface area (Å²) in [5.74, 6) is 0.615. The number of hydrogen-bond donors (Lipinski definition) is 3. The minimum Gasteiger partial charge on any atom is -0.444 e. The molecular formula is C9H17N3O3. The van der Waals surface area contributed by atoms with Crippen LogP contribution >= 0.6 is 0 Å². The van der Waals surface area contributed by atoms with Gasteiger partial charge in [-0.1, -0.05) is 6.92 Å². The van der Waals surface area contributed by atoms with Crippen molar-refractivity contribution < 1.29 is 14.3 Å². The fourth-order valence-corrected chi connectivity index (χ4v) is 1.77. The van der Waals surface area contributed by atoms with Gasteiger partial charge in [-0.05, 0) is 18.8 Å². The van der Waals surface area contributed by atoms with E-state index in [1.807, 2.05) is 0 Å². The van der Waals surface area contributed by atoms with Crippen LogP contribution in [0.2, 0.25) is 0 Å². The monoisotopic (exact) mass is 215 g/mol. The van der Waals surface area contributed by atoms with Crippen LogP contribution in [-0.4, -0.2) is 18.2 Å². The van der Waals surface area contributed by atoms with Gasteiger partial charge in [0.05, 0.1) is 0 Å². The second-order valence-electron chi connectivity index (χ2n) is 4.01.